The van der Waals surface area contributed by atoms with Crippen LogP contribution in [0.1, 0.15) is 162 Å². The molecule has 2 aromatic heterocycles. The third kappa shape index (κ3) is 18.5. The molecular formula is C40H72O6Se2. The van der Waals surface area contributed by atoms with Gasteiger partial charge in [-0.2, -0.15) is 0 Å². The SMILES string of the molecule is CCCCCCC(CO)(CO)CCCCCC.CCCCCCC1(CCCCCC)COc2c[se]cc2OC1.COc1c[se]cc1CO. The molecule has 6 nitrogen and oxygen atoms in total. The van der Waals surface area contributed by atoms with Gasteiger partial charge in [-0.1, -0.05) is 65.2 Å². The number of methoxy groups -OCH3 is 1. The van der Waals surface area contributed by atoms with Crippen LogP contribution in [0, 0.1) is 10.8 Å². The molecule has 1 aliphatic rings. The zero-order chi connectivity index (χ0) is 35.4. The minimum atomic E-state index is -0.207. The molecule has 0 bridgehead atoms. The van der Waals surface area contributed by atoms with Crippen molar-refractivity contribution in [1.29, 1.82) is 0 Å². The Morgan fingerprint density at radius 1 is 0.625 bits per heavy atom. The Hall–Kier alpha value is -0.721. The molecule has 3 rings (SSSR count). The van der Waals surface area contributed by atoms with Gasteiger partial charge >= 0.3 is 201 Å². The number of hydrogen-bond donors (Lipinski definition) is 3. The third-order valence-electron chi connectivity index (χ3n) is 9.67. The van der Waals surface area contributed by atoms with Gasteiger partial charge in [0.15, 0.2) is 0 Å². The van der Waals surface area contributed by atoms with Crippen LogP contribution in [0.5, 0.6) is 17.2 Å². The number of hydrogen-bond acceptors (Lipinski definition) is 6. The maximum absolute atomic E-state index is 9.53. The first-order valence-corrected chi connectivity index (χ1v) is 23.1. The fraction of sp³-hybridized carbons (Fsp3) is 0.800. The van der Waals surface area contributed by atoms with E-state index < -0.39 is 0 Å². The van der Waals surface area contributed by atoms with Gasteiger partial charge in [-0.25, -0.2) is 0 Å². The van der Waals surface area contributed by atoms with Crippen LogP contribution in [0.3, 0.4) is 0 Å². The van der Waals surface area contributed by atoms with Gasteiger partial charge in [0, 0.05) is 5.41 Å². The van der Waals surface area contributed by atoms with Gasteiger partial charge in [0.1, 0.15) is 0 Å². The molecule has 0 unspecified atom stereocenters. The third-order valence-corrected chi connectivity index (χ3v) is 12.8. The number of unbranched alkanes of at least 4 members (excludes halogenated alkanes) is 12. The Kier molecular flexibility index (Phi) is 27.3. The topological polar surface area (TPSA) is 88.4 Å². The minimum absolute atomic E-state index is 0.0986. The molecule has 0 saturated heterocycles. The van der Waals surface area contributed by atoms with E-state index in [0.29, 0.717) is 29.0 Å². The van der Waals surface area contributed by atoms with Crippen molar-refractivity contribution in [2.24, 2.45) is 10.8 Å². The summed E-state index contributed by atoms with van der Waals surface area (Å²) in [6, 6.07) is 0. The summed E-state index contributed by atoms with van der Waals surface area (Å²) in [5, 5.41) is 27.7. The van der Waals surface area contributed by atoms with Gasteiger partial charge in [-0.05, 0) is 12.8 Å². The number of aliphatic hydroxyl groups excluding tert-OH is 3. The second-order valence-electron chi connectivity index (χ2n) is 13.9. The number of fused-ring (bicyclic) bond motifs is 1. The Morgan fingerprint density at radius 2 is 1.06 bits per heavy atom. The molecule has 8 heteroatoms. The summed E-state index contributed by atoms with van der Waals surface area (Å²) >= 11 is 0.844. The summed E-state index contributed by atoms with van der Waals surface area (Å²) < 4.78 is 17.2. The van der Waals surface area contributed by atoms with Gasteiger partial charge in [0.2, 0.25) is 0 Å². The van der Waals surface area contributed by atoms with Crippen molar-refractivity contribution in [2.45, 2.75) is 163 Å². The van der Waals surface area contributed by atoms with Crippen LogP contribution in [0.15, 0.2) is 19.8 Å². The van der Waals surface area contributed by atoms with Crippen LogP contribution < -0.4 is 14.2 Å². The summed E-state index contributed by atoms with van der Waals surface area (Å²) in [6.07, 6.45) is 24.9. The second kappa shape index (κ2) is 28.9. The second-order valence-corrected chi connectivity index (χ2v) is 17.0. The molecule has 0 amide bonds. The number of rotatable bonds is 24. The summed E-state index contributed by atoms with van der Waals surface area (Å²) in [6.45, 7) is 11.0. The van der Waals surface area contributed by atoms with Crippen molar-refractivity contribution in [3.05, 3.63) is 25.3 Å². The molecular weight excluding hydrogens is 734 g/mol. The van der Waals surface area contributed by atoms with Crippen LogP contribution in [0.4, 0.5) is 0 Å². The van der Waals surface area contributed by atoms with Gasteiger partial charge in [0.25, 0.3) is 0 Å². The molecule has 0 fully saturated rings. The Morgan fingerprint density at radius 3 is 1.44 bits per heavy atom. The standard InChI is InChI=1S/C19H32O2Se.C15H32O2.C6H8O2Se/c1-3-5-7-9-11-19(12-10-8-6-4-2)15-20-17-13-22-14-18(17)21-16-19;1-3-5-7-9-11-15(13-16,14-17)12-10-8-6-4-2;1-8-6-4-9-3-5(6)2-7/h13-14H,3-12,15-16H2,1-2H3;16-17H,3-14H2,1-2H3;3-4,7H,2H2,1H3. The van der Waals surface area contributed by atoms with Crippen LogP contribution in [0.25, 0.3) is 0 Å². The predicted molar refractivity (Wildman–Crippen MR) is 204 cm³/mol. The fourth-order valence-electron chi connectivity index (χ4n) is 6.21. The first-order valence-electron chi connectivity index (χ1n) is 19.2. The molecule has 3 N–H and O–H groups in total. The normalized spacial score (nSPS) is 13.6. The van der Waals surface area contributed by atoms with Crippen LogP contribution >= 0.6 is 0 Å². The molecule has 0 saturated carbocycles. The average Bonchev–Trinajstić information content (AvgIpc) is 3.76. The van der Waals surface area contributed by atoms with Crippen molar-refractivity contribution in [3.63, 3.8) is 0 Å². The fourth-order valence-corrected chi connectivity index (χ4v) is 9.31. The Labute approximate surface area is 306 Å². The van der Waals surface area contributed by atoms with Gasteiger partial charge in [-0.3, -0.25) is 0 Å². The van der Waals surface area contributed by atoms with Crippen molar-refractivity contribution < 1.29 is 29.5 Å². The summed E-state index contributed by atoms with van der Waals surface area (Å²) in [5.41, 5.74) is 0.958. The van der Waals surface area contributed by atoms with E-state index in [4.69, 9.17) is 19.3 Å². The maximum atomic E-state index is 9.53. The summed E-state index contributed by atoms with van der Waals surface area (Å²) in [4.78, 5) is 8.46. The van der Waals surface area contributed by atoms with Gasteiger partial charge in [0.05, 0.1) is 13.2 Å². The summed E-state index contributed by atoms with van der Waals surface area (Å²) in [5.74, 6) is 2.88. The molecule has 0 aliphatic carbocycles. The Balaban J connectivity index is 0.000000392. The van der Waals surface area contributed by atoms with E-state index in [1.165, 1.54) is 103 Å². The molecule has 0 radical (unpaired) electrons. The van der Waals surface area contributed by atoms with Crippen molar-refractivity contribution in [1.82, 2.24) is 0 Å². The van der Waals surface area contributed by atoms with Crippen molar-refractivity contribution in [3.8, 4) is 17.2 Å². The molecule has 48 heavy (non-hydrogen) atoms. The van der Waals surface area contributed by atoms with E-state index >= 15 is 0 Å². The first kappa shape index (κ1) is 45.3. The van der Waals surface area contributed by atoms with Crippen LogP contribution in [-0.4, -0.2) is 77.9 Å². The number of aliphatic hydroxyl groups is 3. The van der Waals surface area contributed by atoms with E-state index in [2.05, 4.69) is 37.6 Å². The number of ether oxygens (including phenoxy) is 3. The van der Waals surface area contributed by atoms with Crippen molar-refractivity contribution >= 4 is 29.0 Å². The molecule has 3 heterocycles. The zero-order valence-electron chi connectivity index (χ0n) is 31.4. The quantitative estimate of drug-likeness (QED) is 0.0724. The van der Waals surface area contributed by atoms with Gasteiger partial charge < -0.3 is 10.2 Å². The van der Waals surface area contributed by atoms with E-state index in [1.54, 1.807) is 7.11 Å². The van der Waals surface area contributed by atoms with E-state index in [1.807, 2.05) is 9.88 Å². The zero-order valence-corrected chi connectivity index (χ0v) is 34.8. The Bertz CT molecular complexity index is 917. The average molecular weight is 807 g/mol. The molecule has 0 aromatic carbocycles. The molecule has 0 spiro atoms. The molecule has 280 valence electrons. The predicted octanol–water partition coefficient (Wildman–Crippen LogP) is 9.58. The van der Waals surface area contributed by atoms with Crippen molar-refractivity contribution in [2.75, 3.05) is 33.5 Å². The first-order chi connectivity index (χ1) is 23.4. The van der Waals surface area contributed by atoms with E-state index in [9.17, 15) is 10.2 Å². The summed E-state index contributed by atoms with van der Waals surface area (Å²) in [7, 11) is 1.62. The van der Waals surface area contributed by atoms with Crippen LogP contribution in [0.2, 0.25) is 0 Å². The van der Waals surface area contributed by atoms with E-state index in [0.717, 1.165) is 61.7 Å². The monoisotopic (exact) mass is 808 g/mol. The van der Waals surface area contributed by atoms with Gasteiger partial charge in [-0.15, -0.1) is 0 Å². The molecule has 1 aliphatic heterocycles. The van der Waals surface area contributed by atoms with E-state index in [-0.39, 0.29) is 30.7 Å². The molecule has 2 aromatic rings. The van der Waals surface area contributed by atoms with Crippen LogP contribution in [-0.2, 0) is 6.61 Å². The molecule has 0 atom stereocenters.